The van der Waals surface area contributed by atoms with Crippen molar-refractivity contribution in [2.24, 2.45) is 5.92 Å². The van der Waals surface area contributed by atoms with Gasteiger partial charge in [-0.3, -0.25) is 0 Å². The number of hydrogen-bond acceptors (Lipinski definition) is 2. The highest BCUT2D eigenvalue weighted by molar-refractivity contribution is 4.89. The Morgan fingerprint density at radius 2 is 1.53 bits per heavy atom. The molecule has 0 spiro atoms. The SMILES string of the molecule is CC(C)C(C)OC1(CNC(C)(C)C)CCCCCC1. The van der Waals surface area contributed by atoms with Gasteiger partial charge in [0.25, 0.3) is 0 Å². The van der Waals surface area contributed by atoms with Gasteiger partial charge in [-0.2, -0.15) is 0 Å². The Labute approximate surface area is 120 Å². The lowest BCUT2D eigenvalue weighted by atomic mass is 9.91. The second kappa shape index (κ2) is 7.08. The van der Waals surface area contributed by atoms with Crippen LogP contribution in [0.15, 0.2) is 0 Å². The molecule has 0 saturated heterocycles. The molecule has 0 aromatic rings. The summed E-state index contributed by atoms with van der Waals surface area (Å²) in [4.78, 5) is 0. The van der Waals surface area contributed by atoms with Gasteiger partial charge in [0.05, 0.1) is 11.7 Å². The summed E-state index contributed by atoms with van der Waals surface area (Å²) >= 11 is 0. The van der Waals surface area contributed by atoms with Gasteiger partial charge in [0, 0.05) is 12.1 Å². The van der Waals surface area contributed by atoms with Crippen molar-refractivity contribution in [3.8, 4) is 0 Å². The zero-order valence-corrected chi connectivity index (χ0v) is 14.0. The van der Waals surface area contributed by atoms with E-state index in [1.807, 2.05) is 0 Å². The fourth-order valence-electron chi connectivity index (χ4n) is 2.67. The molecule has 1 unspecified atom stereocenters. The van der Waals surface area contributed by atoms with Gasteiger partial charge in [-0.25, -0.2) is 0 Å². The molecule has 1 fully saturated rings. The summed E-state index contributed by atoms with van der Waals surface area (Å²) in [5.41, 5.74) is 0.233. The van der Waals surface area contributed by atoms with Gasteiger partial charge in [-0.05, 0) is 46.5 Å². The minimum Gasteiger partial charge on any atom is -0.370 e. The molecular formula is C17H35NO. The standard InChI is InChI=1S/C17H35NO/c1-14(2)15(3)19-17(13-18-16(4,5)6)11-9-7-8-10-12-17/h14-15,18H,7-13H2,1-6H3. The molecule has 1 N–H and O–H groups in total. The number of hydrogen-bond donors (Lipinski definition) is 1. The summed E-state index contributed by atoms with van der Waals surface area (Å²) < 4.78 is 6.55. The van der Waals surface area contributed by atoms with Crippen LogP contribution in [0.2, 0.25) is 0 Å². The highest BCUT2D eigenvalue weighted by Crippen LogP contribution is 2.32. The lowest BCUT2D eigenvalue weighted by molar-refractivity contribution is -0.111. The van der Waals surface area contributed by atoms with E-state index < -0.39 is 0 Å². The van der Waals surface area contributed by atoms with Crippen molar-refractivity contribution in [1.29, 1.82) is 0 Å². The topological polar surface area (TPSA) is 21.3 Å². The average molecular weight is 269 g/mol. The molecule has 2 nitrogen and oxygen atoms in total. The van der Waals surface area contributed by atoms with Crippen molar-refractivity contribution >= 4 is 0 Å². The van der Waals surface area contributed by atoms with Crippen molar-refractivity contribution in [2.75, 3.05) is 6.54 Å². The Balaban J connectivity index is 2.70. The first-order valence-electron chi connectivity index (χ1n) is 8.17. The zero-order chi connectivity index (χ0) is 14.5. The largest absolute Gasteiger partial charge is 0.370 e. The second-order valence-electron chi connectivity index (χ2n) is 7.77. The number of nitrogens with one attached hydrogen (secondary N) is 1. The third kappa shape index (κ3) is 6.27. The maximum absolute atomic E-state index is 6.55. The second-order valence-corrected chi connectivity index (χ2v) is 7.77. The number of ether oxygens (including phenoxy) is 1. The van der Waals surface area contributed by atoms with Crippen molar-refractivity contribution in [1.82, 2.24) is 5.32 Å². The molecule has 19 heavy (non-hydrogen) atoms. The number of rotatable bonds is 5. The van der Waals surface area contributed by atoms with Crippen LogP contribution in [0.1, 0.15) is 80.1 Å². The van der Waals surface area contributed by atoms with E-state index >= 15 is 0 Å². The van der Waals surface area contributed by atoms with Crippen LogP contribution in [-0.4, -0.2) is 23.8 Å². The van der Waals surface area contributed by atoms with Gasteiger partial charge in [0.2, 0.25) is 0 Å². The van der Waals surface area contributed by atoms with Crippen LogP contribution in [0.4, 0.5) is 0 Å². The van der Waals surface area contributed by atoms with Crippen LogP contribution < -0.4 is 5.32 Å². The maximum atomic E-state index is 6.55. The fourth-order valence-corrected chi connectivity index (χ4v) is 2.67. The smallest absolute Gasteiger partial charge is 0.0810 e. The summed E-state index contributed by atoms with van der Waals surface area (Å²) in [6.45, 7) is 14.5. The third-order valence-electron chi connectivity index (χ3n) is 4.33. The molecule has 0 aromatic carbocycles. The Morgan fingerprint density at radius 3 is 1.95 bits per heavy atom. The molecule has 0 heterocycles. The summed E-state index contributed by atoms with van der Waals surface area (Å²) in [5.74, 6) is 0.592. The van der Waals surface area contributed by atoms with Gasteiger partial charge < -0.3 is 10.1 Å². The van der Waals surface area contributed by atoms with Crippen molar-refractivity contribution in [2.45, 2.75) is 97.3 Å². The lowest BCUT2D eigenvalue weighted by Crippen LogP contribution is -2.50. The van der Waals surface area contributed by atoms with Gasteiger partial charge in [-0.1, -0.05) is 39.5 Å². The van der Waals surface area contributed by atoms with Gasteiger partial charge in [0.1, 0.15) is 0 Å². The van der Waals surface area contributed by atoms with Crippen LogP contribution in [0.5, 0.6) is 0 Å². The van der Waals surface area contributed by atoms with Crippen LogP contribution in [-0.2, 0) is 4.74 Å². The first kappa shape index (κ1) is 17.0. The molecule has 0 aliphatic heterocycles. The predicted octanol–water partition coefficient (Wildman–Crippen LogP) is 4.53. The van der Waals surface area contributed by atoms with E-state index in [1.165, 1.54) is 38.5 Å². The molecule has 2 heteroatoms. The molecule has 0 amide bonds. The summed E-state index contributed by atoms with van der Waals surface area (Å²) in [6.07, 6.45) is 8.15. The molecule has 0 aromatic heterocycles. The molecule has 1 aliphatic rings. The van der Waals surface area contributed by atoms with E-state index in [2.05, 4.69) is 46.9 Å². The molecule has 1 rings (SSSR count). The highest BCUT2D eigenvalue weighted by atomic mass is 16.5. The molecule has 114 valence electrons. The Morgan fingerprint density at radius 1 is 1.00 bits per heavy atom. The van der Waals surface area contributed by atoms with Crippen molar-refractivity contribution in [3.05, 3.63) is 0 Å². The van der Waals surface area contributed by atoms with Crippen molar-refractivity contribution in [3.63, 3.8) is 0 Å². The average Bonchev–Trinajstić information content (AvgIpc) is 2.52. The predicted molar refractivity (Wildman–Crippen MR) is 83.6 cm³/mol. The van der Waals surface area contributed by atoms with E-state index in [9.17, 15) is 0 Å². The summed E-state index contributed by atoms with van der Waals surface area (Å²) in [6, 6.07) is 0. The minimum atomic E-state index is 0.0630. The quantitative estimate of drug-likeness (QED) is 0.740. The van der Waals surface area contributed by atoms with Crippen LogP contribution >= 0.6 is 0 Å². The molecule has 1 aliphatic carbocycles. The van der Waals surface area contributed by atoms with E-state index in [0.29, 0.717) is 12.0 Å². The van der Waals surface area contributed by atoms with Crippen LogP contribution in [0, 0.1) is 5.92 Å². The normalized spacial score (nSPS) is 22.3. The van der Waals surface area contributed by atoms with E-state index in [4.69, 9.17) is 4.74 Å². The van der Waals surface area contributed by atoms with Gasteiger partial charge >= 0.3 is 0 Å². The summed E-state index contributed by atoms with van der Waals surface area (Å²) in [5, 5.41) is 3.68. The zero-order valence-electron chi connectivity index (χ0n) is 14.0. The minimum absolute atomic E-state index is 0.0630. The summed E-state index contributed by atoms with van der Waals surface area (Å²) in [7, 11) is 0. The van der Waals surface area contributed by atoms with E-state index in [1.54, 1.807) is 0 Å². The van der Waals surface area contributed by atoms with Gasteiger partial charge in [-0.15, -0.1) is 0 Å². The maximum Gasteiger partial charge on any atom is 0.0810 e. The molecule has 0 bridgehead atoms. The first-order valence-corrected chi connectivity index (χ1v) is 8.17. The Hall–Kier alpha value is -0.0800. The Bertz CT molecular complexity index is 246. The molecular weight excluding hydrogens is 234 g/mol. The van der Waals surface area contributed by atoms with Crippen molar-refractivity contribution < 1.29 is 4.74 Å². The van der Waals surface area contributed by atoms with Gasteiger partial charge in [0.15, 0.2) is 0 Å². The van der Waals surface area contributed by atoms with E-state index in [-0.39, 0.29) is 11.1 Å². The monoisotopic (exact) mass is 269 g/mol. The molecule has 1 atom stereocenters. The molecule has 1 saturated carbocycles. The first-order chi connectivity index (χ1) is 8.74. The third-order valence-corrected chi connectivity index (χ3v) is 4.33. The van der Waals surface area contributed by atoms with E-state index in [0.717, 1.165) is 6.54 Å². The Kier molecular flexibility index (Phi) is 6.32. The van der Waals surface area contributed by atoms with Crippen LogP contribution in [0.3, 0.4) is 0 Å². The highest BCUT2D eigenvalue weighted by Gasteiger charge is 2.35. The molecule has 0 radical (unpaired) electrons. The lowest BCUT2D eigenvalue weighted by Gasteiger charge is -2.39. The van der Waals surface area contributed by atoms with Crippen LogP contribution in [0.25, 0.3) is 0 Å². The fraction of sp³-hybridized carbons (Fsp3) is 1.00.